The van der Waals surface area contributed by atoms with Crippen molar-refractivity contribution in [3.63, 3.8) is 0 Å². The summed E-state index contributed by atoms with van der Waals surface area (Å²) < 4.78 is 16.0. The van der Waals surface area contributed by atoms with Crippen molar-refractivity contribution >= 4 is 5.69 Å². The summed E-state index contributed by atoms with van der Waals surface area (Å²) in [7, 11) is 0. The number of ether oxygens (including phenoxy) is 3. The van der Waals surface area contributed by atoms with Gasteiger partial charge in [0.05, 0.1) is 19.3 Å². The van der Waals surface area contributed by atoms with E-state index in [2.05, 4.69) is 9.97 Å². The molecule has 1 heterocycles. The van der Waals surface area contributed by atoms with Crippen molar-refractivity contribution in [2.24, 2.45) is 0 Å². The van der Waals surface area contributed by atoms with E-state index in [1.54, 1.807) is 0 Å². The number of nitrogens with two attached hydrogens (primary N) is 1. The highest BCUT2D eigenvalue weighted by molar-refractivity contribution is 5.55. The third kappa shape index (κ3) is 4.44. The Balaban J connectivity index is 2.50. The Morgan fingerprint density at radius 3 is 2.41 bits per heavy atom. The zero-order valence-electron chi connectivity index (χ0n) is 10.5. The van der Waals surface area contributed by atoms with Crippen LogP contribution in [0, 0.1) is 0 Å². The smallest absolute Gasteiger partial charge is 0.244 e. The molecule has 2 N–H and O–H groups in total. The van der Waals surface area contributed by atoms with Gasteiger partial charge in [-0.1, -0.05) is 0 Å². The van der Waals surface area contributed by atoms with Crippen molar-refractivity contribution in [2.45, 2.75) is 26.9 Å². The minimum Gasteiger partial charge on any atom is -0.476 e. The first kappa shape index (κ1) is 13.5. The molecule has 17 heavy (non-hydrogen) atoms. The summed E-state index contributed by atoms with van der Waals surface area (Å²) in [5.74, 6) is 0.679. The zero-order chi connectivity index (χ0) is 12.7. The Hall–Kier alpha value is -1.56. The predicted molar refractivity (Wildman–Crippen MR) is 64.2 cm³/mol. The summed E-state index contributed by atoms with van der Waals surface area (Å²) >= 11 is 0. The second-order valence-corrected chi connectivity index (χ2v) is 3.60. The van der Waals surface area contributed by atoms with Gasteiger partial charge in [-0.05, 0) is 20.8 Å². The van der Waals surface area contributed by atoms with Crippen LogP contribution in [-0.4, -0.2) is 35.9 Å². The molecule has 0 spiro atoms. The van der Waals surface area contributed by atoms with Crippen LogP contribution in [0.5, 0.6) is 11.8 Å². The van der Waals surface area contributed by atoms with Crippen molar-refractivity contribution in [2.75, 3.05) is 25.6 Å². The third-order valence-electron chi connectivity index (χ3n) is 1.87. The van der Waals surface area contributed by atoms with Gasteiger partial charge >= 0.3 is 0 Å². The highest BCUT2D eigenvalue weighted by Crippen LogP contribution is 2.26. The van der Waals surface area contributed by atoms with Crippen LogP contribution in [0.3, 0.4) is 0 Å². The standard InChI is InChI=1S/C11H19N3O3/c1-4-15-10-9(12)11(14-7-13-10)17-6-5-16-8(2)3/h7-8H,4-6,12H2,1-3H3. The number of rotatable bonds is 7. The minimum atomic E-state index is 0.181. The van der Waals surface area contributed by atoms with Gasteiger partial charge in [-0.3, -0.25) is 0 Å². The molecule has 1 aromatic heterocycles. The first-order chi connectivity index (χ1) is 8.15. The number of aromatic nitrogens is 2. The number of hydrogen-bond acceptors (Lipinski definition) is 6. The molecular formula is C11H19N3O3. The van der Waals surface area contributed by atoms with E-state index in [1.165, 1.54) is 6.33 Å². The van der Waals surface area contributed by atoms with Crippen LogP contribution < -0.4 is 15.2 Å². The molecule has 6 heteroatoms. The van der Waals surface area contributed by atoms with E-state index in [1.807, 2.05) is 20.8 Å². The minimum absolute atomic E-state index is 0.181. The second-order valence-electron chi connectivity index (χ2n) is 3.60. The molecule has 0 aliphatic carbocycles. The van der Waals surface area contributed by atoms with E-state index in [0.29, 0.717) is 37.3 Å². The Kier molecular flexibility index (Phi) is 5.48. The van der Waals surface area contributed by atoms with Crippen LogP contribution in [0.25, 0.3) is 0 Å². The third-order valence-corrected chi connectivity index (χ3v) is 1.87. The summed E-state index contributed by atoms with van der Waals surface area (Å²) in [6.45, 7) is 7.17. The molecule has 96 valence electrons. The number of hydrogen-bond donors (Lipinski definition) is 1. The molecule has 0 unspecified atom stereocenters. The van der Waals surface area contributed by atoms with E-state index in [0.717, 1.165) is 0 Å². The molecule has 0 amide bonds. The Morgan fingerprint density at radius 1 is 1.18 bits per heavy atom. The normalized spacial score (nSPS) is 10.6. The molecule has 0 saturated heterocycles. The summed E-state index contributed by atoms with van der Waals surface area (Å²) in [4.78, 5) is 7.86. The lowest BCUT2D eigenvalue weighted by Crippen LogP contribution is -2.13. The van der Waals surface area contributed by atoms with Gasteiger partial charge in [-0.15, -0.1) is 0 Å². The van der Waals surface area contributed by atoms with Crippen LogP contribution in [0.4, 0.5) is 5.69 Å². The maximum atomic E-state index is 5.80. The molecule has 0 aromatic carbocycles. The SMILES string of the molecule is CCOc1ncnc(OCCOC(C)C)c1N. The van der Waals surface area contributed by atoms with Crippen LogP contribution in [0.15, 0.2) is 6.33 Å². The van der Waals surface area contributed by atoms with Crippen molar-refractivity contribution in [1.82, 2.24) is 9.97 Å². The first-order valence-corrected chi connectivity index (χ1v) is 5.62. The fourth-order valence-electron chi connectivity index (χ4n) is 1.15. The molecule has 0 aliphatic heterocycles. The summed E-state index contributed by atoms with van der Waals surface area (Å²) in [5, 5.41) is 0. The van der Waals surface area contributed by atoms with Gasteiger partial charge in [0.25, 0.3) is 0 Å². The molecule has 0 radical (unpaired) electrons. The average molecular weight is 241 g/mol. The van der Waals surface area contributed by atoms with E-state index in [-0.39, 0.29) is 6.10 Å². The Labute approximate surface area is 101 Å². The maximum Gasteiger partial charge on any atom is 0.244 e. The molecule has 1 aromatic rings. The molecule has 0 aliphatic rings. The number of anilines is 1. The monoisotopic (exact) mass is 241 g/mol. The van der Waals surface area contributed by atoms with Gasteiger partial charge in [0.2, 0.25) is 11.8 Å². The molecule has 6 nitrogen and oxygen atoms in total. The predicted octanol–water partition coefficient (Wildman–Crippen LogP) is 1.26. The highest BCUT2D eigenvalue weighted by Gasteiger charge is 2.09. The van der Waals surface area contributed by atoms with Gasteiger partial charge < -0.3 is 19.9 Å². The molecule has 0 atom stereocenters. The average Bonchev–Trinajstić information content (AvgIpc) is 2.29. The molecule has 0 saturated carbocycles. The number of nitrogens with zero attached hydrogens (tertiary/aromatic N) is 2. The number of nitrogen functional groups attached to an aromatic ring is 1. The molecule has 0 bridgehead atoms. The van der Waals surface area contributed by atoms with Crippen LogP contribution >= 0.6 is 0 Å². The Morgan fingerprint density at radius 2 is 1.82 bits per heavy atom. The summed E-state index contributed by atoms with van der Waals surface area (Å²) in [6, 6.07) is 0. The largest absolute Gasteiger partial charge is 0.476 e. The van der Waals surface area contributed by atoms with Gasteiger partial charge in [-0.2, -0.15) is 9.97 Å². The van der Waals surface area contributed by atoms with Crippen LogP contribution in [0.2, 0.25) is 0 Å². The topological polar surface area (TPSA) is 79.5 Å². The lowest BCUT2D eigenvalue weighted by atomic mass is 10.5. The maximum absolute atomic E-state index is 5.80. The second kappa shape index (κ2) is 6.90. The van der Waals surface area contributed by atoms with Crippen molar-refractivity contribution in [1.29, 1.82) is 0 Å². The first-order valence-electron chi connectivity index (χ1n) is 5.62. The zero-order valence-corrected chi connectivity index (χ0v) is 10.5. The Bertz CT molecular complexity index is 345. The highest BCUT2D eigenvalue weighted by atomic mass is 16.5. The fraction of sp³-hybridized carbons (Fsp3) is 0.636. The van der Waals surface area contributed by atoms with E-state index in [9.17, 15) is 0 Å². The van der Waals surface area contributed by atoms with Gasteiger partial charge in [-0.25, -0.2) is 0 Å². The van der Waals surface area contributed by atoms with Gasteiger partial charge in [0.15, 0.2) is 5.69 Å². The lowest BCUT2D eigenvalue weighted by Gasteiger charge is -2.11. The van der Waals surface area contributed by atoms with Crippen LogP contribution in [-0.2, 0) is 4.74 Å². The van der Waals surface area contributed by atoms with Gasteiger partial charge in [0, 0.05) is 0 Å². The molecule has 0 fully saturated rings. The summed E-state index contributed by atoms with van der Waals surface area (Å²) in [5.41, 5.74) is 6.11. The van der Waals surface area contributed by atoms with E-state index < -0.39 is 0 Å². The quantitative estimate of drug-likeness (QED) is 0.724. The molecular weight excluding hydrogens is 222 g/mol. The molecule has 1 rings (SSSR count). The van der Waals surface area contributed by atoms with E-state index >= 15 is 0 Å². The van der Waals surface area contributed by atoms with Crippen molar-refractivity contribution in [3.05, 3.63) is 6.33 Å². The van der Waals surface area contributed by atoms with Crippen molar-refractivity contribution in [3.8, 4) is 11.8 Å². The fourth-order valence-corrected chi connectivity index (χ4v) is 1.15. The van der Waals surface area contributed by atoms with Gasteiger partial charge in [0.1, 0.15) is 12.9 Å². The summed E-state index contributed by atoms with van der Waals surface area (Å²) in [6.07, 6.45) is 1.54. The van der Waals surface area contributed by atoms with E-state index in [4.69, 9.17) is 19.9 Å². The van der Waals surface area contributed by atoms with Crippen LogP contribution in [0.1, 0.15) is 20.8 Å². The van der Waals surface area contributed by atoms with Crippen molar-refractivity contribution < 1.29 is 14.2 Å². The lowest BCUT2D eigenvalue weighted by molar-refractivity contribution is 0.0543.